The van der Waals surface area contributed by atoms with Crippen LogP contribution in [0, 0.1) is 6.92 Å². The van der Waals surface area contributed by atoms with Crippen molar-refractivity contribution in [1.82, 2.24) is 14.8 Å². The van der Waals surface area contributed by atoms with E-state index in [-0.39, 0.29) is 0 Å². The number of aldehydes is 1. The molecular weight excluding hydrogens is 238 g/mol. The number of halogens is 1. The molecule has 17 heavy (non-hydrogen) atoms. The Morgan fingerprint density at radius 3 is 2.71 bits per heavy atom. The summed E-state index contributed by atoms with van der Waals surface area (Å²) in [5.74, 6) is 0. The van der Waals surface area contributed by atoms with E-state index in [0.29, 0.717) is 17.3 Å². The summed E-state index contributed by atoms with van der Waals surface area (Å²) in [4.78, 5) is 10.9. The van der Waals surface area contributed by atoms with Gasteiger partial charge in [0.25, 0.3) is 0 Å². The maximum atomic E-state index is 10.9. The van der Waals surface area contributed by atoms with E-state index in [0.717, 1.165) is 23.2 Å². The zero-order valence-electron chi connectivity index (χ0n) is 9.64. The number of nitrogens with zero attached hydrogens (tertiary/aromatic N) is 3. The second-order valence-corrected chi connectivity index (χ2v) is 4.29. The topological polar surface area (TPSA) is 47.8 Å². The average molecular weight is 250 g/mol. The van der Waals surface area contributed by atoms with Crippen molar-refractivity contribution in [3.63, 3.8) is 0 Å². The number of rotatable bonds is 3. The minimum Gasteiger partial charge on any atom is -0.345 e. The van der Waals surface area contributed by atoms with Gasteiger partial charge in [0.1, 0.15) is 0 Å². The van der Waals surface area contributed by atoms with Crippen LogP contribution in [0.25, 0.3) is 0 Å². The monoisotopic (exact) mass is 249 g/mol. The fourth-order valence-electron chi connectivity index (χ4n) is 1.81. The molecule has 0 unspecified atom stereocenters. The van der Waals surface area contributed by atoms with Crippen LogP contribution in [0.3, 0.4) is 0 Å². The van der Waals surface area contributed by atoms with Gasteiger partial charge in [0.05, 0.1) is 11.4 Å². The lowest BCUT2D eigenvalue weighted by atomic mass is 10.2. The predicted molar refractivity (Wildman–Crippen MR) is 65.4 cm³/mol. The highest BCUT2D eigenvalue weighted by molar-refractivity contribution is 6.29. The first kappa shape index (κ1) is 11.8. The van der Waals surface area contributed by atoms with Gasteiger partial charge in [-0.1, -0.05) is 11.6 Å². The lowest BCUT2D eigenvalue weighted by Crippen LogP contribution is -2.03. The fraction of sp³-hybridized carbons (Fsp3) is 0.250. The molecule has 0 bridgehead atoms. The summed E-state index contributed by atoms with van der Waals surface area (Å²) < 4.78 is 1.87. The van der Waals surface area contributed by atoms with Gasteiger partial charge in [0, 0.05) is 19.2 Å². The van der Waals surface area contributed by atoms with Gasteiger partial charge in [-0.2, -0.15) is 5.10 Å². The molecule has 0 saturated carbocycles. The molecule has 2 aromatic rings. The van der Waals surface area contributed by atoms with Crippen LogP contribution in [0.15, 0.2) is 18.2 Å². The minimum absolute atomic E-state index is 0.380. The first-order valence-corrected chi connectivity index (χ1v) is 5.58. The molecule has 0 aliphatic heterocycles. The molecule has 0 spiro atoms. The quantitative estimate of drug-likeness (QED) is 0.784. The van der Waals surface area contributed by atoms with Crippen molar-refractivity contribution < 1.29 is 4.79 Å². The molecular formula is C12H12ClN3O. The number of hydrogen-bond acceptors (Lipinski definition) is 3. The van der Waals surface area contributed by atoms with Crippen LogP contribution in [0.1, 0.15) is 27.4 Å². The Morgan fingerprint density at radius 1 is 1.41 bits per heavy atom. The zero-order chi connectivity index (χ0) is 12.4. The van der Waals surface area contributed by atoms with Gasteiger partial charge in [-0.05, 0) is 30.7 Å². The molecule has 2 heterocycles. The van der Waals surface area contributed by atoms with Crippen molar-refractivity contribution in [2.24, 2.45) is 7.05 Å². The number of carbonyl (C=O) groups is 1. The van der Waals surface area contributed by atoms with Crippen molar-refractivity contribution in [2.45, 2.75) is 13.3 Å². The van der Waals surface area contributed by atoms with Gasteiger partial charge in [-0.25, -0.2) is 0 Å². The summed E-state index contributed by atoms with van der Waals surface area (Å²) in [6, 6.07) is 5.53. The van der Waals surface area contributed by atoms with E-state index < -0.39 is 0 Å². The fourth-order valence-corrected chi connectivity index (χ4v) is 1.91. The molecule has 0 atom stereocenters. The Balaban J connectivity index is 2.30. The lowest BCUT2D eigenvalue weighted by molar-refractivity contribution is 0.111. The minimum atomic E-state index is 0.380. The maximum Gasteiger partial charge on any atom is 0.166 e. The van der Waals surface area contributed by atoms with Crippen LogP contribution in [0.5, 0.6) is 0 Å². The molecule has 0 aliphatic carbocycles. The zero-order valence-corrected chi connectivity index (χ0v) is 10.4. The second kappa shape index (κ2) is 4.67. The van der Waals surface area contributed by atoms with E-state index in [2.05, 4.69) is 10.2 Å². The molecule has 4 nitrogen and oxygen atoms in total. The number of aryl methyl sites for hydroxylation is 1. The van der Waals surface area contributed by atoms with E-state index in [1.165, 1.54) is 0 Å². The Hall–Kier alpha value is -1.68. The van der Waals surface area contributed by atoms with Crippen LogP contribution in [-0.4, -0.2) is 21.1 Å². The van der Waals surface area contributed by atoms with Crippen LogP contribution in [0.2, 0.25) is 5.15 Å². The summed E-state index contributed by atoms with van der Waals surface area (Å²) in [6.07, 6.45) is 1.50. The molecule has 0 saturated heterocycles. The smallest absolute Gasteiger partial charge is 0.166 e. The van der Waals surface area contributed by atoms with E-state index in [1.807, 2.05) is 30.7 Å². The van der Waals surface area contributed by atoms with Gasteiger partial charge in [0.2, 0.25) is 0 Å². The average Bonchev–Trinajstić information content (AvgIpc) is 2.57. The molecule has 0 amide bonds. The lowest BCUT2D eigenvalue weighted by Gasteiger charge is -2.03. The molecule has 2 rings (SSSR count). The SMILES string of the molecule is Cc1cc(Cc2ccc(Cl)nn2)n(C)c1C=O. The highest BCUT2D eigenvalue weighted by Gasteiger charge is 2.09. The molecule has 5 heteroatoms. The van der Waals surface area contributed by atoms with E-state index in [4.69, 9.17) is 11.6 Å². The molecule has 0 aliphatic rings. The Bertz CT molecular complexity index is 546. The van der Waals surface area contributed by atoms with Gasteiger partial charge in [-0.3, -0.25) is 4.79 Å². The van der Waals surface area contributed by atoms with Gasteiger partial charge >= 0.3 is 0 Å². The van der Waals surface area contributed by atoms with Crippen LogP contribution in [0.4, 0.5) is 0 Å². The van der Waals surface area contributed by atoms with Crippen molar-refractivity contribution in [3.8, 4) is 0 Å². The van der Waals surface area contributed by atoms with Crippen molar-refractivity contribution in [2.75, 3.05) is 0 Å². The van der Waals surface area contributed by atoms with E-state index in [1.54, 1.807) is 6.07 Å². The Morgan fingerprint density at radius 2 is 2.18 bits per heavy atom. The van der Waals surface area contributed by atoms with Crippen molar-refractivity contribution in [1.29, 1.82) is 0 Å². The summed E-state index contributed by atoms with van der Waals surface area (Å²) in [5, 5.41) is 8.17. The largest absolute Gasteiger partial charge is 0.345 e. The molecule has 0 fully saturated rings. The summed E-state index contributed by atoms with van der Waals surface area (Å²) in [5.41, 5.74) is 3.52. The normalized spacial score (nSPS) is 10.5. The first-order chi connectivity index (χ1) is 8.11. The van der Waals surface area contributed by atoms with Crippen molar-refractivity contribution >= 4 is 17.9 Å². The second-order valence-electron chi connectivity index (χ2n) is 3.90. The van der Waals surface area contributed by atoms with E-state index >= 15 is 0 Å². The first-order valence-electron chi connectivity index (χ1n) is 5.20. The third-order valence-corrected chi connectivity index (χ3v) is 2.94. The Kier molecular flexibility index (Phi) is 3.24. The number of hydrogen-bond donors (Lipinski definition) is 0. The van der Waals surface area contributed by atoms with Gasteiger partial charge < -0.3 is 4.57 Å². The third-order valence-electron chi connectivity index (χ3n) is 2.74. The standard InChI is InChI=1S/C12H12ClN3O/c1-8-5-10(16(2)11(8)7-17)6-9-3-4-12(13)15-14-9/h3-5,7H,6H2,1-2H3. The molecule has 2 aromatic heterocycles. The molecule has 88 valence electrons. The summed E-state index contributed by atoms with van der Waals surface area (Å²) >= 11 is 5.67. The number of aromatic nitrogens is 3. The van der Waals surface area contributed by atoms with E-state index in [9.17, 15) is 4.79 Å². The predicted octanol–water partition coefficient (Wildman–Crippen LogP) is 2.18. The van der Waals surface area contributed by atoms with Gasteiger partial charge in [-0.15, -0.1) is 5.10 Å². The van der Waals surface area contributed by atoms with Gasteiger partial charge in [0.15, 0.2) is 11.4 Å². The molecule has 0 aromatic carbocycles. The highest BCUT2D eigenvalue weighted by Crippen LogP contribution is 2.15. The van der Waals surface area contributed by atoms with Crippen LogP contribution in [-0.2, 0) is 13.5 Å². The van der Waals surface area contributed by atoms with Crippen molar-refractivity contribution in [3.05, 3.63) is 46.0 Å². The maximum absolute atomic E-state index is 10.9. The Labute approximate surface area is 104 Å². The summed E-state index contributed by atoms with van der Waals surface area (Å²) in [6.45, 7) is 1.92. The molecule has 0 N–H and O–H groups in total. The number of carbonyl (C=O) groups excluding carboxylic acids is 1. The van der Waals surface area contributed by atoms with Crippen LogP contribution < -0.4 is 0 Å². The summed E-state index contributed by atoms with van der Waals surface area (Å²) in [7, 11) is 1.87. The molecule has 0 radical (unpaired) electrons. The third kappa shape index (κ3) is 2.36. The van der Waals surface area contributed by atoms with Crippen LogP contribution >= 0.6 is 11.6 Å². The highest BCUT2D eigenvalue weighted by atomic mass is 35.5.